The van der Waals surface area contributed by atoms with Crippen LogP contribution in [0.25, 0.3) is 0 Å². The molecule has 21 heavy (non-hydrogen) atoms. The van der Waals surface area contributed by atoms with Crippen molar-refractivity contribution in [2.75, 3.05) is 19.7 Å². The highest BCUT2D eigenvalue weighted by Crippen LogP contribution is 2.34. The quantitative estimate of drug-likeness (QED) is 0.320. The van der Waals surface area contributed by atoms with Crippen molar-refractivity contribution in [3.05, 3.63) is 0 Å². The number of guanidine groups is 1. The van der Waals surface area contributed by atoms with Crippen LogP contribution in [0.15, 0.2) is 4.99 Å². The number of esters is 1. The number of hydrogen-bond donors (Lipinski definition) is 2. The van der Waals surface area contributed by atoms with Crippen LogP contribution in [0.3, 0.4) is 0 Å². The van der Waals surface area contributed by atoms with Gasteiger partial charge in [-0.3, -0.25) is 9.79 Å². The highest BCUT2D eigenvalue weighted by atomic mass is 16.5. The number of nitrogens with zero attached hydrogens (tertiary/aromatic N) is 1. The van der Waals surface area contributed by atoms with Gasteiger partial charge in [0.25, 0.3) is 0 Å². The maximum absolute atomic E-state index is 11.3. The van der Waals surface area contributed by atoms with Crippen LogP contribution in [0, 0.1) is 0 Å². The number of carbonyl (C=O) groups is 1. The van der Waals surface area contributed by atoms with Gasteiger partial charge >= 0.3 is 5.97 Å². The first-order chi connectivity index (χ1) is 10.2. The lowest BCUT2D eigenvalue weighted by Crippen LogP contribution is -2.47. The van der Waals surface area contributed by atoms with E-state index in [0.29, 0.717) is 44.2 Å². The van der Waals surface area contributed by atoms with E-state index in [1.807, 2.05) is 13.8 Å². The van der Waals surface area contributed by atoms with Crippen LogP contribution in [-0.4, -0.2) is 49.9 Å². The van der Waals surface area contributed by atoms with Gasteiger partial charge in [0.1, 0.15) is 0 Å². The maximum Gasteiger partial charge on any atom is 0.305 e. The monoisotopic (exact) mass is 297 g/mol. The Hall–Kier alpha value is -1.30. The molecule has 2 bridgehead atoms. The molecule has 6 heteroatoms. The molecule has 0 aliphatic carbocycles. The molecular weight excluding hydrogens is 270 g/mol. The van der Waals surface area contributed by atoms with Crippen molar-refractivity contribution in [3.63, 3.8) is 0 Å². The van der Waals surface area contributed by atoms with Gasteiger partial charge in [-0.15, -0.1) is 0 Å². The second kappa shape index (κ2) is 8.22. The Kier molecular flexibility index (Phi) is 6.29. The molecule has 3 unspecified atom stereocenters. The summed E-state index contributed by atoms with van der Waals surface area (Å²) >= 11 is 0. The number of aliphatic imine (C=N–C) groups is 1. The Bertz CT molecular complexity index is 373. The highest BCUT2D eigenvalue weighted by Gasteiger charge is 2.41. The zero-order valence-corrected chi connectivity index (χ0v) is 13.1. The van der Waals surface area contributed by atoms with Crippen LogP contribution in [0.5, 0.6) is 0 Å². The molecule has 0 aromatic rings. The molecule has 0 amide bonds. The van der Waals surface area contributed by atoms with E-state index in [2.05, 4.69) is 15.6 Å². The first kappa shape index (κ1) is 16.1. The van der Waals surface area contributed by atoms with Crippen molar-refractivity contribution in [2.45, 2.75) is 64.2 Å². The fraction of sp³-hybridized carbons (Fsp3) is 0.867. The summed E-state index contributed by atoms with van der Waals surface area (Å²) in [6.07, 6.45) is 5.30. The van der Waals surface area contributed by atoms with Crippen molar-refractivity contribution in [1.82, 2.24) is 10.6 Å². The average molecular weight is 297 g/mol. The lowest BCUT2D eigenvalue weighted by atomic mass is 9.96. The van der Waals surface area contributed by atoms with Crippen molar-refractivity contribution in [1.29, 1.82) is 0 Å². The molecule has 0 spiro atoms. The normalized spacial score (nSPS) is 27.7. The predicted molar refractivity (Wildman–Crippen MR) is 81.3 cm³/mol. The SMILES string of the molecule is CCNC(=NCCCC(=O)OCC)NC1CC2CCC1O2. The van der Waals surface area contributed by atoms with Gasteiger partial charge in [0, 0.05) is 19.5 Å². The molecule has 2 aliphatic heterocycles. The van der Waals surface area contributed by atoms with Crippen LogP contribution in [0.1, 0.15) is 46.0 Å². The lowest BCUT2D eigenvalue weighted by Gasteiger charge is -2.22. The van der Waals surface area contributed by atoms with Gasteiger partial charge in [-0.25, -0.2) is 0 Å². The molecule has 2 saturated heterocycles. The Balaban J connectivity index is 1.73. The number of nitrogens with one attached hydrogen (secondary N) is 2. The molecule has 2 fully saturated rings. The van der Waals surface area contributed by atoms with E-state index in [1.54, 1.807) is 0 Å². The van der Waals surface area contributed by atoms with E-state index in [-0.39, 0.29) is 5.97 Å². The van der Waals surface area contributed by atoms with Gasteiger partial charge in [-0.1, -0.05) is 0 Å². The second-order valence-corrected chi connectivity index (χ2v) is 5.53. The Morgan fingerprint density at radius 1 is 1.38 bits per heavy atom. The Labute approximate surface area is 126 Å². The summed E-state index contributed by atoms with van der Waals surface area (Å²) in [5, 5.41) is 6.71. The number of hydrogen-bond acceptors (Lipinski definition) is 4. The predicted octanol–water partition coefficient (Wildman–Crippen LogP) is 1.20. The van der Waals surface area contributed by atoms with E-state index in [9.17, 15) is 4.79 Å². The minimum Gasteiger partial charge on any atom is -0.466 e. The summed E-state index contributed by atoms with van der Waals surface area (Å²) < 4.78 is 10.7. The van der Waals surface area contributed by atoms with Gasteiger partial charge in [-0.2, -0.15) is 0 Å². The van der Waals surface area contributed by atoms with Crippen molar-refractivity contribution < 1.29 is 14.3 Å². The molecule has 2 heterocycles. The zero-order valence-electron chi connectivity index (χ0n) is 13.1. The van der Waals surface area contributed by atoms with E-state index >= 15 is 0 Å². The highest BCUT2D eigenvalue weighted by molar-refractivity contribution is 5.80. The molecule has 6 nitrogen and oxygen atoms in total. The molecule has 0 saturated carbocycles. The topological polar surface area (TPSA) is 72.0 Å². The lowest BCUT2D eigenvalue weighted by molar-refractivity contribution is -0.143. The third-order valence-electron chi connectivity index (χ3n) is 3.89. The van der Waals surface area contributed by atoms with Crippen LogP contribution in [-0.2, 0) is 14.3 Å². The number of carbonyl (C=O) groups excluding carboxylic acids is 1. The van der Waals surface area contributed by atoms with E-state index in [4.69, 9.17) is 9.47 Å². The van der Waals surface area contributed by atoms with Crippen molar-refractivity contribution >= 4 is 11.9 Å². The minimum absolute atomic E-state index is 0.146. The Morgan fingerprint density at radius 3 is 2.86 bits per heavy atom. The van der Waals surface area contributed by atoms with Crippen LogP contribution < -0.4 is 10.6 Å². The van der Waals surface area contributed by atoms with E-state index in [1.165, 1.54) is 6.42 Å². The molecule has 2 aliphatic rings. The van der Waals surface area contributed by atoms with Crippen LogP contribution in [0.4, 0.5) is 0 Å². The van der Waals surface area contributed by atoms with Gasteiger partial charge in [0.2, 0.25) is 0 Å². The van der Waals surface area contributed by atoms with Gasteiger partial charge in [-0.05, 0) is 39.5 Å². The molecule has 2 N–H and O–H groups in total. The summed E-state index contributed by atoms with van der Waals surface area (Å²) in [5.74, 6) is 0.676. The molecular formula is C15H27N3O3. The summed E-state index contributed by atoms with van der Waals surface area (Å²) in [4.78, 5) is 15.8. The summed E-state index contributed by atoms with van der Waals surface area (Å²) in [7, 11) is 0. The van der Waals surface area contributed by atoms with E-state index < -0.39 is 0 Å². The van der Waals surface area contributed by atoms with E-state index in [0.717, 1.165) is 25.3 Å². The first-order valence-corrected chi connectivity index (χ1v) is 8.08. The number of ether oxygens (including phenoxy) is 2. The molecule has 2 rings (SSSR count). The summed E-state index contributed by atoms with van der Waals surface area (Å²) in [6.45, 7) is 5.76. The molecule has 120 valence electrons. The first-order valence-electron chi connectivity index (χ1n) is 8.08. The summed E-state index contributed by atoms with van der Waals surface area (Å²) in [6, 6.07) is 0.367. The summed E-state index contributed by atoms with van der Waals surface area (Å²) in [5.41, 5.74) is 0. The maximum atomic E-state index is 11.3. The molecule has 0 aromatic heterocycles. The average Bonchev–Trinajstić information content (AvgIpc) is 3.06. The fourth-order valence-corrected chi connectivity index (χ4v) is 2.93. The standard InChI is InChI=1S/C15H27N3O3/c1-3-16-15(17-9-5-6-14(19)20-4-2)18-12-10-11-7-8-13(12)21-11/h11-13H,3-10H2,1-2H3,(H2,16,17,18). The van der Waals surface area contributed by atoms with Crippen LogP contribution in [0.2, 0.25) is 0 Å². The molecule has 0 radical (unpaired) electrons. The zero-order chi connectivity index (χ0) is 15.1. The largest absolute Gasteiger partial charge is 0.466 e. The van der Waals surface area contributed by atoms with Crippen molar-refractivity contribution in [2.24, 2.45) is 4.99 Å². The number of rotatable bonds is 7. The van der Waals surface area contributed by atoms with Crippen LogP contribution >= 0.6 is 0 Å². The number of fused-ring (bicyclic) bond motifs is 2. The van der Waals surface area contributed by atoms with Gasteiger partial charge in [0.15, 0.2) is 5.96 Å². The fourth-order valence-electron chi connectivity index (χ4n) is 2.93. The Morgan fingerprint density at radius 2 is 2.24 bits per heavy atom. The third-order valence-corrected chi connectivity index (χ3v) is 3.89. The minimum atomic E-state index is -0.146. The third kappa shape index (κ3) is 4.88. The second-order valence-electron chi connectivity index (χ2n) is 5.53. The molecule has 0 aromatic carbocycles. The smallest absolute Gasteiger partial charge is 0.305 e. The van der Waals surface area contributed by atoms with Gasteiger partial charge in [0.05, 0.1) is 24.9 Å². The molecule has 3 atom stereocenters. The van der Waals surface area contributed by atoms with Gasteiger partial charge < -0.3 is 20.1 Å². The van der Waals surface area contributed by atoms with Crippen molar-refractivity contribution in [3.8, 4) is 0 Å².